The van der Waals surface area contributed by atoms with Crippen LogP contribution in [-0.2, 0) is 6.61 Å². The van der Waals surface area contributed by atoms with Crippen LogP contribution in [0.5, 0.6) is 17.2 Å². The molecule has 0 saturated carbocycles. The summed E-state index contributed by atoms with van der Waals surface area (Å²) in [6.45, 7) is 2.14. The molecule has 0 aromatic heterocycles. The van der Waals surface area contributed by atoms with E-state index in [9.17, 15) is 9.90 Å². The largest absolute Gasteiger partial charge is 0.507 e. The summed E-state index contributed by atoms with van der Waals surface area (Å²) in [7, 11) is 1.61. The van der Waals surface area contributed by atoms with Crippen LogP contribution in [0, 0.1) is 6.92 Å². The molecule has 0 saturated heterocycles. The molecule has 4 nitrogen and oxygen atoms in total. The lowest BCUT2D eigenvalue weighted by atomic mass is 10.1. The first-order chi connectivity index (χ1) is 9.63. The minimum atomic E-state index is -0.0651. The van der Waals surface area contributed by atoms with Gasteiger partial charge in [-0.2, -0.15) is 0 Å². The predicted molar refractivity (Wildman–Crippen MR) is 75.6 cm³/mol. The van der Waals surface area contributed by atoms with E-state index in [0.29, 0.717) is 18.6 Å². The van der Waals surface area contributed by atoms with Gasteiger partial charge >= 0.3 is 0 Å². The molecule has 0 atom stereocenters. The van der Waals surface area contributed by atoms with Crippen LogP contribution in [0.15, 0.2) is 36.4 Å². The van der Waals surface area contributed by atoms with Crippen LogP contribution < -0.4 is 9.47 Å². The van der Waals surface area contributed by atoms with Crippen molar-refractivity contribution in [1.82, 2.24) is 0 Å². The fraction of sp³-hybridized carbons (Fsp3) is 0.188. The number of aldehydes is 1. The van der Waals surface area contributed by atoms with E-state index in [1.807, 2.05) is 31.2 Å². The molecule has 0 heterocycles. The Morgan fingerprint density at radius 2 is 1.90 bits per heavy atom. The van der Waals surface area contributed by atoms with Gasteiger partial charge in [0.1, 0.15) is 23.9 Å². The van der Waals surface area contributed by atoms with Crippen molar-refractivity contribution in [2.45, 2.75) is 13.5 Å². The molecule has 104 valence electrons. The zero-order valence-corrected chi connectivity index (χ0v) is 11.4. The first-order valence-corrected chi connectivity index (χ1v) is 6.18. The summed E-state index contributed by atoms with van der Waals surface area (Å²) in [5.74, 6) is 1.09. The topological polar surface area (TPSA) is 55.8 Å². The van der Waals surface area contributed by atoms with E-state index in [2.05, 4.69) is 0 Å². The summed E-state index contributed by atoms with van der Waals surface area (Å²) in [5, 5.41) is 9.71. The van der Waals surface area contributed by atoms with E-state index >= 15 is 0 Å². The Balaban J connectivity index is 2.15. The van der Waals surface area contributed by atoms with Gasteiger partial charge in [-0.1, -0.05) is 12.1 Å². The zero-order chi connectivity index (χ0) is 14.5. The Labute approximate surface area is 117 Å². The second-order valence-electron chi connectivity index (χ2n) is 4.45. The lowest BCUT2D eigenvalue weighted by Crippen LogP contribution is -1.99. The van der Waals surface area contributed by atoms with E-state index < -0.39 is 0 Å². The first-order valence-electron chi connectivity index (χ1n) is 6.18. The Kier molecular flexibility index (Phi) is 4.25. The highest BCUT2D eigenvalue weighted by molar-refractivity contribution is 5.83. The Morgan fingerprint density at radius 3 is 2.50 bits per heavy atom. The SMILES string of the molecule is COc1ccc(COc2cc(C)cc(O)c2C=O)cc1. The molecular weight excluding hydrogens is 256 g/mol. The number of benzene rings is 2. The maximum atomic E-state index is 11.0. The summed E-state index contributed by atoms with van der Waals surface area (Å²) < 4.78 is 10.7. The predicted octanol–water partition coefficient (Wildman–Crippen LogP) is 3.10. The van der Waals surface area contributed by atoms with Gasteiger partial charge in [-0.25, -0.2) is 0 Å². The standard InChI is InChI=1S/C16H16O4/c1-11-7-15(18)14(9-17)16(8-11)20-10-12-3-5-13(19-2)6-4-12/h3-9,18H,10H2,1-2H3. The molecule has 0 aliphatic rings. The third-order valence-corrected chi connectivity index (χ3v) is 2.94. The summed E-state index contributed by atoms with van der Waals surface area (Å²) in [6, 6.07) is 10.7. The number of ether oxygens (including phenoxy) is 2. The zero-order valence-electron chi connectivity index (χ0n) is 11.4. The molecule has 0 unspecified atom stereocenters. The number of aryl methyl sites for hydroxylation is 1. The lowest BCUT2D eigenvalue weighted by Gasteiger charge is -2.11. The Bertz CT molecular complexity index is 603. The number of hydrogen-bond acceptors (Lipinski definition) is 4. The molecule has 0 aliphatic carbocycles. The van der Waals surface area contributed by atoms with E-state index in [0.717, 1.165) is 16.9 Å². The third kappa shape index (κ3) is 3.09. The average molecular weight is 272 g/mol. The van der Waals surface area contributed by atoms with Crippen LogP contribution in [0.3, 0.4) is 0 Å². The van der Waals surface area contributed by atoms with Crippen molar-refractivity contribution in [1.29, 1.82) is 0 Å². The fourth-order valence-corrected chi connectivity index (χ4v) is 1.87. The second-order valence-corrected chi connectivity index (χ2v) is 4.45. The summed E-state index contributed by atoms with van der Waals surface area (Å²) in [5.41, 5.74) is 1.95. The maximum Gasteiger partial charge on any atom is 0.157 e. The summed E-state index contributed by atoms with van der Waals surface area (Å²) >= 11 is 0. The third-order valence-electron chi connectivity index (χ3n) is 2.94. The van der Waals surface area contributed by atoms with Gasteiger partial charge in [0.15, 0.2) is 6.29 Å². The van der Waals surface area contributed by atoms with Crippen LogP contribution in [0.25, 0.3) is 0 Å². The number of phenols is 1. The molecule has 1 N–H and O–H groups in total. The number of aromatic hydroxyl groups is 1. The highest BCUT2D eigenvalue weighted by Crippen LogP contribution is 2.28. The van der Waals surface area contributed by atoms with Gasteiger partial charge in [-0.15, -0.1) is 0 Å². The molecule has 0 bridgehead atoms. The van der Waals surface area contributed by atoms with Crippen LogP contribution in [0.2, 0.25) is 0 Å². The van der Waals surface area contributed by atoms with Gasteiger partial charge in [0.25, 0.3) is 0 Å². The minimum absolute atomic E-state index is 0.0651. The fourth-order valence-electron chi connectivity index (χ4n) is 1.87. The van der Waals surface area contributed by atoms with Crippen molar-refractivity contribution in [3.8, 4) is 17.2 Å². The van der Waals surface area contributed by atoms with Crippen LogP contribution >= 0.6 is 0 Å². The minimum Gasteiger partial charge on any atom is -0.507 e. The van der Waals surface area contributed by atoms with Gasteiger partial charge in [0, 0.05) is 0 Å². The van der Waals surface area contributed by atoms with Gasteiger partial charge in [-0.3, -0.25) is 4.79 Å². The first kappa shape index (κ1) is 13.9. The number of carbonyl (C=O) groups is 1. The van der Waals surface area contributed by atoms with Gasteiger partial charge in [-0.05, 0) is 42.3 Å². The molecule has 0 amide bonds. The van der Waals surface area contributed by atoms with E-state index in [1.165, 1.54) is 6.07 Å². The second kappa shape index (κ2) is 6.10. The molecule has 2 aromatic carbocycles. The number of rotatable bonds is 5. The molecule has 0 fully saturated rings. The number of phenolic OH excluding ortho intramolecular Hbond substituents is 1. The van der Waals surface area contributed by atoms with Crippen LogP contribution in [0.4, 0.5) is 0 Å². The monoisotopic (exact) mass is 272 g/mol. The molecule has 0 spiro atoms. The van der Waals surface area contributed by atoms with Crippen molar-refractivity contribution in [2.75, 3.05) is 7.11 Å². The highest BCUT2D eigenvalue weighted by atomic mass is 16.5. The maximum absolute atomic E-state index is 11.0. The molecule has 0 radical (unpaired) electrons. The van der Waals surface area contributed by atoms with Crippen LogP contribution in [0.1, 0.15) is 21.5 Å². The van der Waals surface area contributed by atoms with E-state index in [4.69, 9.17) is 9.47 Å². The summed E-state index contributed by atoms with van der Waals surface area (Å²) in [6.07, 6.45) is 0.595. The molecule has 2 aromatic rings. The number of carbonyl (C=O) groups excluding carboxylic acids is 1. The van der Waals surface area contributed by atoms with Crippen molar-refractivity contribution in [3.63, 3.8) is 0 Å². The van der Waals surface area contributed by atoms with Crippen molar-refractivity contribution < 1.29 is 19.4 Å². The molecule has 2 rings (SSSR count). The van der Waals surface area contributed by atoms with E-state index in [-0.39, 0.29) is 11.3 Å². The van der Waals surface area contributed by atoms with Crippen molar-refractivity contribution >= 4 is 6.29 Å². The molecule has 0 aliphatic heterocycles. The Morgan fingerprint density at radius 1 is 1.20 bits per heavy atom. The van der Waals surface area contributed by atoms with E-state index in [1.54, 1.807) is 13.2 Å². The summed E-state index contributed by atoms with van der Waals surface area (Å²) in [4.78, 5) is 11.0. The van der Waals surface area contributed by atoms with Crippen molar-refractivity contribution in [2.24, 2.45) is 0 Å². The van der Waals surface area contributed by atoms with Crippen LogP contribution in [-0.4, -0.2) is 18.5 Å². The van der Waals surface area contributed by atoms with Gasteiger partial charge < -0.3 is 14.6 Å². The molecule has 4 heteroatoms. The van der Waals surface area contributed by atoms with Crippen molar-refractivity contribution in [3.05, 3.63) is 53.1 Å². The molecular formula is C16H16O4. The molecule has 20 heavy (non-hydrogen) atoms. The van der Waals surface area contributed by atoms with Gasteiger partial charge in [0.05, 0.1) is 12.7 Å². The average Bonchev–Trinajstić information content (AvgIpc) is 2.45. The highest BCUT2D eigenvalue weighted by Gasteiger charge is 2.10. The smallest absolute Gasteiger partial charge is 0.157 e. The lowest BCUT2D eigenvalue weighted by molar-refractivity contribution is 0.111. The van der Waals surface area contributed by atoms with Gasteiger partial charge in [0.2, 0.25) is 0 Å². The quantitative estimate of drug-likeness (QED) is 0.850. The number of methoxy groups -OCH3 is 1. The Hall–Kier alpha value is -2.49. The normalized spacial score (nSPS) is 10.1. The number of hydrogen-bond donors (Lipinski definition) is 1.